The van der Waals surface area contributed by atoms with Crippen LogP contribution in [-0.2, 0) is 5.41 Å². The lowest BCUT2D eigenvalue weighted by Crippen LogP contribution is -2.37. The summed E-state index contributed by atoms with van der Waals surface area (Å²) >= 11 is 0. The summed E-state index contributed by atoms with van der Waals surface area (Å²) in [6.45, 7) is 3.27. The highest BCUT2D eigenvalue weighted by molar-refractivity contribution is 5.41. The molecule has 3 heteroatoms. The molecule has 1 heterocycles. The number of benzene rings is 1. The summed E-state index contributed by atoms with van der Waals surface area (Å²) in [5, 5.41) is 0. The molecule has 0 radical (unpaired) electrons. The predicted molar refractivity (Wildman–Crippen MR) is 52.9 cm³/mol. The Labute approximate surface area is 82.9 Å². The topological polar surface area (TPSA) is 35.2 Å². The van der Waals surface area contributed by atoms with Crippen LogP contribution < -0.4 is 10.5 Å². The van der Waals surface area contributed by atoms with Crippen molar-refractivity contribution < 1.29 is 9.13 Å². The molecule has 0 saturated carbocycles. The van der Waals surface area contributed by atoms with Crippen LogP contribution in [0.15, 0.2) is 18.2 Å². The standard InChI is InChI=1S/C11H14FNO/c1-11(7-13)4-5-14-10-6-8(12)2-3-9(10)11/h2-3,6H,4-5,7,13H2,1H3. The monoisotopic (exact) mass is 195 g/mol. The van der Waals surface area contributed by atoms with Gasteiger partial charge >= 0.3 is 0 Å². The molecule has 1 aliphatic heterocycles. The van der Waals surface area contributed by atoms with Gasteiger partial charge < -0.3 is 10.5 Å². The van der Waals surface area contributed by atoms with Crippen LogP contribution in [0.1, 0.15) is 18.9 Å². The minimum Gasteiger partial charge on any atom is -0.493 e. The van der Waals surface area contributed by atoms with Crippen LogP contribution in [0.4, 0.5) is 4.39 Å². The lowest BCUT2D eigenvalue weighted by Gasteiger charge is -2.34. The molecule has 0 fully saturated rings. The molecule has 0 aromatic heterocycles. The number of nitrogens with two attached hydrogens (primary N) is 1. The van der Waals surface area contributed by atoms with Crippen molar-refractivity contribution in [3.05, 3.63) is 29.6 Å². The Morgan fingerprint density at radius 2 is 2.36 bits per heavy atom. The third-order valence-electron chi connectivity index (χ3n) is 2.96. The van der Waals surface area contributed by atoms with Crippen molar-refractivity contribution in [2.24, 2.45) is 5.73 Å². The van der Waals surface area contributed by atoms with Gasteiger partial charge in [0.1, 0.15) is 11.6 Å². The molecule has 2 N–H and O–H groups in total. The zero-order chi connectivity index (χ0) is 10.2. The zero-order valence-electron chi connectivity index (χ0n) is 8.22. The zero-order valence-corrected chi connectivity index (χ0v) is 8.22. The first-order valence-electron chi connectivity index (χ1n) is 4.79. The molecule has 0 amide bonds. The van der Waals surface area contributed by atoms with Gasteiger partial charge in [-0.05, 0) is 12.5 Å². The van der Waals surface area contributed by atoms with E-state index >= 15 is 0 Å². The number of halogens is 1. The maximum absolute atomic E-state index is 12.9. The Balaban J connectivity index is 2.50. The lowest BCUT2D eigenvalue weighted by molar-refractivity contribution is 0.226. The van der Waals surface area contributed by atoms with Gasteiger partial charge in [0.15, 0.2) is 0 Å². The summed E-state index contributed by atoms with van der Waals surface area (Å²) in [5.41, 5.74) is 6.69. The Kier molecular flexibility index (Phi) is 2.19. The van der Waals surface area contributed by atoms with Crippen LogP contribution in [0.5, 0.6) is 5.75 Å². The molecule has 1 atom stereocenters. The Morgan fingerprint density at radius 3 is 3.07 bits per heavy atom. The molecule has 0 saturated heterocycles. The fourth-order valence-electron chi connectivity index (χ4n) is 1.85. The average molecular weight is 195 g/mol. The molecule has 0 spiro atoms. The molecule has 2 nitrogen and oxygen atoms in total. The molecule has 2 rings (SSSR count). The third-order valence-corrected chi connectivity index (χ3v) is 2.96. The average Bonchev–Trinajstić information content (AvgIpc) is 2.18. The summed E-state index contributed by atoms with van der Waals surface area (Å²) in [5.74, 6) is 0.384. The maximum atomic E-state index is 12.9. The van der Waals surface area contributed by atoms with Crippen molar-refractivity contribution in [3.8, 4) is 5.75 Å². The number of fused-ring (bicyclic) bond motifs is 1. The van der Waals surface area contributed by atoms with Gasteiger partial charge in [-0.1, -0.05) is 13.0 Å². The van der Waals surface area contributed by atoms with E-state index in [-0.39, 0.29) is 11.2 Å². The van der Waals surface area contributed by atoms with E-state index in [0.29, 0.717) is 18.9 Å². The van der Waals surface area contributed by atoms with Crippen LogP contribution in [0, 0.1) is 5.82 Å². The van der Waals surface area contributed by atoms with E-state index in [1.54, 1.807) is 6.07 Å². The summed E-state index contributed by atoms with van der Waals surface area (Å²) in [4.78, 5) is 0. The lowest BCUT2D eigenvalue weighted by atomic mass is 9.78. The van der Waals surface area contributed by atoms with Crippen molar-refractivity contribution in [1.29, 1.82) is 0 Å². The van der Waals surface area contributed by atoms with Crippen molar-refractivity contribution in [2.45, 2.75) is 18.8 Å². The minimum atomic E-state index is -0.259. The van der Waals surface area contributed by atoms with Gasteiger partial charge in [0.2, 0.25) is 0 Å². The van der Waals surface area contributed by atoms with Crippen LogP contribution in [-0.4, -0.2) is 13.2 Å². The normalized spacial score (nSPS) is 25.4. The van der Waals surface area contributed by atoms with Gasteiger partial charge in [-0.25, -0.2) is 4.39 Å². The van der Waals surface area contributed by atoms with Crippen molar-refractivity contribution in [2.75, 3.05) is 13.2 Å². The van der Waals surface area contributed by atoms with E-state index in [0.717, 1.165) is 12.0 Å². The first kappa shape index (κ1) is 9.46. The van der Waals surface area contributed by atoms with Gasteiger partial charge in [-0.2, -0.15) is 0 Å². The molecule has 1 aromatic rings. The van der Waals surface area contributed by atoms with Crippen LogP contribution in [0.3, 0.4) is 0 Å². The largest absolute Gasteiger partial charge is 0.493 e. The van der Waals surface area contributed by atoms with Crippen LogP contribution in [0.2, 0.25) is 0 Å². The second kappa shape index (κ2) is 3.24. The molecular weight excluding hydrogens is 181 g/mol. The molecule has 0 aliphatic carbocycles. The van der Waals surface area contributed by atoms with Gasteiger partial charge in [-0.15, -0.1) is 0 Å². The van der Waals surface area contributed by atoms with E-state index in [2.05, 4.69) is 6.92 Å². The van der Waals surface area contributed by atoms with Crippen molar-refractivity contribution in [1.82, 2.24) is 0 Å². The maximum Gasteiger partial charge on any atom is 0.126 e. The second-order valence-electron chi connectivity index (χ2n) is 4.00. The summed E-state index contributed by atoms with van der Waals surface area (Å²) < 4.78 is 18.3. The van der Waals surface area contributed by atoms with Gasteiger partial charge in [0, 0.05) is 23.6 Å². The molecule has 1 unspecified atom stereocenters. The Hall–Kier alpha value is -1.09. The van der Waals surface area contributed by atoms with E-state index < -0.39 is 0 Å². The molecular formula is C11H14FNO. The molecule has 1 aromatic carbocycles. The number of rotatable bonds is 1. The van der Waals surface area contributed by atoms with Gasteiger partial charge in [0.25, 0.3) is 0 Å². The molecule has 14 heavy (non-hydrogen) atoms. The molecule has 0 bridgehead atoms. The minimum absolute atomic E-state index is 0.0682. The Morgan fingerprint density at radius 1 is 1.57 bits per heavy atom. The molecule has 76 valence electrons. The van der Waals surface area contributed by atoms with Crippen molar-refractivity contribution >= 4 is 0 Å². The van der Waals surface area contributed by atoms with Crippen LogP contribution >= 0.6 is 0 Å². The first-order chi connectivity index (χ1) is 6.65. The highest BCUT2D eigenvalue weighted by Gasteiger charge is 2.31. The highest BCUT2D eigenvalue weighted by Crippen LogP contribution is 2.37. The van der Waals surface area contributed by atoms with Crippen LogP contribution in [0.25, 0.3) is 0 Å². The quantitative estimate of drug-likeness (QED) is 0.742. The van der Waals surface area contributed by atoms with E-state index in [1.807, 2.05) is 0 Å². The summed E-state index contributed by atoms with van der Waals surface area (Å²) in [6.07, 6.45) is 0.891. The smallest absolute Gasteiger partial charge is 0.126 e. The summed E-state index contributed by atoms with van der Waals surface area (Å²) in [6, 6.07) is 4.67. The number of ether oxygens (including phenoxy) is 1. The van der Waals surface area contributed by atoms with E-state index in [9.17, 15) is 4.39 Å². The number of hydrogen-bond donors (Lipinski definition) is 1. The van der Waals surface area contributed by atoms with E-state index in [4.69, 9.17) is 10.5 Å². The third kappa shape index (κ3) is 1.38. The highest BCUT2D eigenvalue weighted by atomic mass is 19.1. The fraction of sp³-hybridized carbons (Fsp3) is 0.455. The van der Waals surface area contributed by atoms with E-state index in [1.165, 1.54) is 12.1 Å². The fourth-order valence-corrected chi connectivity index (χ4v) is 1.85. The summed E-state index contributed by atoms with van der Waals surface area (Å²) in [7, 11) is 0. The number of hydrogen-bond acceptors (Lipinski definition) is 2. The van der Waals surface area contributed by atoms with Gasteiger partial charge in [0.05, 0.1) is 6.61 Å². The first-order valence-corrected chi connectivity index (χ1v) is 4.79. The second-order valence-corrected chi connectivity index (χ2v) is 4.00. The predicted octanol–water partition coefficient (Wildman–Crippen LogP) is 1.82. The van der Waals surface area contributed by atoms with Crippen molar-refractivity contribution in [3.63, 3.8) is 0 Å². The SMILES string of the molecule is CC1(CN)CCOc2cc(F)ccc21. The Bertz CT molecular complexity index is 353. The molecule has 1 aliphatic rings. The van der Waals surface area contributed by atoms with Gasteiger partial charge in [-0.3, -0.25) is 0 Å².